The molecular weight excluding hydrogens is 319 g/mol. The van der Waals surface area contributed by atoms with Gasteiger partial charge in [0.05, 0.1) is 23.0 Å². The molecule has 0 aliphatic heterocycles. The fourth-order valence-electron chi connectivity index (χ4n) is 3.10. The summed E-state index contributed by atoms with van der Waals surface area (Å²) in [6.07, 6.45) is 0.0502. The number of hydrogen-bond donors (Lipinski definition) is 3. The van der Waals surface area contributed by atoms with E-state index in [4.69, 9.17) is 5.73 Å². The van der Waals surface area contributed by atoms with Crippen molar-refractivity contribution in [3.05, 3.63) is 58.9 Å². The number of aryl methyl sites for hydroxylation is 2. The summed E-state index contributed by atoms with van der Waals surface area (Å²) in [6, 6.07) is 11.1. The topological polar surface area (TPSA) is 83.8 Å². The van der Waals surface area contributed by atoms with Gasteiger partial charge in [0.1, 0.15) is 5.82 Å². The number of nitrogens with two attached hydrogens (primary N) is 1. The molecule has 0 fully saturated rings. The summed E-state index contributed by atoms with van der Waals surface area (Å²) < 4.78 is 14.0. The Morgan fingerprint density at radius 1 is 1.28 bits per heavy atom. The number of fused-ring (bicyclic) bond motifs is 1. The number of anilines is 1. The molecule has 0 saturated heterocycles. The van der Waals surface area contributed by atoms with Crippen LogP contribution in [-0.2, 0) is 10.3 Å². The lowest BCUT2D eigenvalue weighted by Crippen LogP contribution is -2.37. The van der Waals surface area contributed by atoms with E-state index in [9.17, 15) is 9.18 Å². The third-order valence-electron chi connectivity index (χ3n) is 4.39. The molecule has 5 nitrogen and oxygen atoms in total. The first-order valence-electron chi connectivity index (χ1n) is 8.07. The largest absolute Gasteiger partial charge is 0.370 e. The summed E-state index contributed by atoms with van der Waals surface area (Å²) in [5.41, 5.74) is 8.19. The van der Waals surface area contributed by atoms with Crippen molar-refractivity contribution in [3.8, 4) is 0 Å². The Kier molecular flexibility index (Phi) is 4.20. The van der Waals surface area contributed by atoms with Crippen LogP contribution in [0.1, 0.15) is 30.0 Å². The van der Waals surface area contributed by atoms with Crippen molar-refractivity contribution >= 4 is 22.9 Å². The third-order valence-corrected chi connectivity index (χ3v) is 4.39. The van der Waals surface area contributed by atoms with Gasteiger partial charge in [-0.2, -0.15) is 0 Å². The van der Waals surface area contributed by atoms with Crippen LogP contribution in [0.25, 0.3) is 11.0 Å². The highest BCUT2D eigenvalue weighted by Gasteiger charge is 2.31. The number of nitrogens with zero attached hydrogens (tertiary/aromatic N) is 1. The zero-order valence-corrected chi connectivity index (χ0v) is 14.5. The summed E-state index contributed by atoms with van der Waals surface area (Å²) in [7, 11) is 0. The summed E-state index contributed by atoms with van der Waals surface area (Å²) in [6.45, 7) is 5.27. The van der Waals surface area contributed by atoms with Gasteiger partial charge in [-0.05, 0) is 49.6 Å². The molecule has 0 spiro atoms. The smallest absolute Gasteiger partial charge is 0.220 e. The van der Waals surface area contributed by atoms with Crippen LogP contribution in [0.2, 0.25) is 0 Å². The number of aromatic nitrogens is 2. The molecule has 130 valence electrons. The first-order chi connectivity index (χ1) is 11.8. The summed E-state index contributed by atoms with van der Waals surface area (Å²) in [4.78, 5) is 19.4. The first kappa shape index (κ1) is 17.0. The molecule has 1 unspecified atom stereocenters. The molecule has 2 aromatic carbocycles. The number of carbonyl (C=O) groups excluding carboxylic acids is 1. The van der Waals surface area contributed by atoms with Gasteiger partial charge in [0.25, 0.3) is 0 Å². The van der Waals surface area contributed by atoms with E-state index in [-0.39, 0.29) is 12.2 Å². The minimum absolute atomic E-state index is 0.0502. The molecule has 1 aromatic heterocycles. The van der Waals surface area contributed by atoms with E-state index < -0.39 is 11.4 Å². The number of rotatable bonds is 5. The molecule has 0 bridgehead atoms. The van der Waals surface area contributed by atoms with Crippen molar-refractivity contribution in [2.24, 2.45) is 5.73 Å². The predicted octanol–water partition coefficient (Wildman–Crippen LogP) is 3.52. The Morgan fingerprint density at radius 3 is 2.52 bits per heavy atom. The average molecular weight is 340 g/mol. The minimum Gasteiger partial charge on any atom is -0.370 e. The second-order valence-corrected chi connectivity index (χ2v) is 6.63. The van der Waals surface area contributed by atoms with E-state index in [0.717, 1.165) is 16.6 Å². The molecule has 1 amide bonds. The predicted molar refractivity (Wildman–Crippen MR) is 96.8 cm³/mol. The van der Waals surface area contributed by atoms with E-state index in [1.165, 1.54) is 0 Å². The van der Waals surface area contributed by atoms with Crippen molar-refractivity contribution in [2.75, 3.05) is 5.32 Å². The van der Waals surface area contributed by atoms with Crippen molar-refractivity contribution in [1.29, 1.82) is 0 Å². The average Bonchev–Trinajstić information content (AvgIpc) is 2.93. The molecule has 0 saturated carbocycles. The van der Waals surface area contributed by atoms with Crippen LogP contribution in [-0.4, -0.2) is 15.9 Å². The summed E-state index contributed by atoms with van der Waals surface area (Å²) in [5, 5.41) is 3.28. The molecule has 1 heterocycles. The maximum absolute atomic E-state index is 14.0. The number of amides is 1. The molecule has 0 radical (unpaired) electrons. The zero-order chi connectivity index (χ0) is 18.2. The zero-order valence-electron chi connectivity index (χ0n) is 14.5. The summed E-state index contributed by atoms with van der Waals surface area (Å²) >= 11 is 0. The van der Waals surface area contributed by atoms with Gasteiger partial charge in [0.2, 0.25) is 11.9 Å². The van der Waals surface area contributed by atoms with Crippen LogP contribution in [0.4, 0.5) is 10.3 Å². The molecule has 6 heteroatoms. The number of benzene rings is 2. The molecule has 0 aliphatic carbocycles. The molecule has 3 rings (SSSR count). The number of para-hydroxylation sites is 2. The molecule has 3 aromatic rings. The lowest BCUT2D eigenvalue weighted by atomic mass is 9.86. The van der Waals surface area contributed by atoms with Gasteiger partial charge in [-0.15, -0.1) is 0 Å². The van der Waals surface area contributed by atoms with Crippen LogP contribution in [0.5, 0.6) is 0 Å². The number of imidazole rings is 1. The van der Waals surface area contributed by atoms with E-state index in [0.29, 0.717) is 17.1 Å². The Labute approximate surface area is 145 Å². The van der Waals surface area contributed by atoms with Crippen LogP contribution < -0.4 is 11.1 Å². The van der Waals surface area contributed by atoms with Crippen LogP contribution in [0.15, 0.2) is 36.4 Å². The molecule has 1 atom stereocenters. The van der Waals surface area contributed by atoms with Crippen molar-refractivity contribution < 1.29 is 9.18 Å². The van der Waals surface area contributed by atoms with Crippen molar-refractivity contribution in [2.45, 2.75) is 32.7 Å². The number of H-pyrrole nitrogens is 1. The highest BCUT2D eigenvalue weighted by Crippen LogP contribution is 2.31. The Balaban J connectivity index is 2.05. The summed E-state index contributed by atoms with van der Waals surface area (Å²) in [5.74, 6) is -0.163. The van der Waals surface area contributed by atoms with E-state index in [1.54, 1.807) is 26.0 Å². The molecule has 4 N–H and O–H groups in total. The van der Waals surface area contributed by atoms with Crippen LogP contribution in [0, 0.1) is 19.7 Å². The SMILES string of the molecule is Cc1cc(C(C)(CC(N)=O)Nc2nc3ccccc3[nH]2)cc(C)c1F. The van der Waals surface area contributed by atoms with E-state index >= 15 is 0 Å². The lowest BCUT2D eigenvalue weighted by Gasteiger charge is -2.31. The Bertz CT molecular complexity index is 893. The maximum Gasteiger partial charge on any atom is 0.220 e. The third kappa shape index (κ3) is 3.33. The maximum atomic E-state index is 14.0. The van der Waals surface area contributed by atoms with Gasteiger partial charge >= 0.3 is 0 Å². The van der Waals surface area contributed by atoms with Crippen molar-refractivity contribution in [1.82, 2.24) is 9.97 Å². The van der Waals surface area contributed by atoms with E-state index in [2.05, 4.69) is 15.3 Å². The fraction of sp³-hybridized carbons (Fsp3) is 0.263. The van der Waals surface area contributed by atoms with Crippen molar-refractivity contribution in [3.63, 3.8) is 0 Å². The minimum atomic E-state index is -0.817. The lowest BCUT2D eigenvalue weighted by molar-refractivity contribution is -0.118. The molecular formula is C19H21FN4O. The Morgan fingerprint density at radius 2 is 1.92 bits per heavy atom. The quantitative estimate of drug-likeness (QED) is 0.664. The highest BCUT2D eigenvalue weighted by atomic mass is 19.1. The standard InChI is InChI=1S/C19H21FN4O/c1-11-8-13(9-12(2)17(11)20)19(3,10-16(21)25)24-18-22-14-6-4-5-7-15(14)23-18/h4-9H,10H2,1-3H3,(H2,21,25)(H2,22,23,24). The van der Waals surface area contributed by atoms with Crippen LogP contribution >= 0.6 is 0 Å². The fourth-order valence-corrected chi connectivity index (χ4v) is 3.10. The number of halogens is 1. The second kappa shape index (κ2) is 6.20. The number of hydrogen-bond acceptors (Lipinski definition) is 3. The van der Waals surface area contributed by atoms with Crippen LogP contribution in [0.3, 0.4) is 0 Å². The monoisotopic (exact) mass is 340 g/mol. The van der Waals surface area contributed by atoms with Gasteiger partial charge in [-0.25, -0.2) is 9.37 Å². The number of nitrogens with one attached hydrogen (secondary N) is 2. The first-order valence-corrected chi connectivity index (χ1v) is 8.07. The highest BCUT2D eigenvalue weighted by molar-refractivity contribution is 5.78. The van der Waals surface area contributed by atoms with E-state index in [1.807, 2.05) is 31.2 Å². The van der Waals surface area contributed by atoms with Gasteiger partial charge in [-0.1, -0.05) is 24.3 Å². The van der Waals surface area contributed by atoms with Gasteiger partial charge in [0.15, 0.2) is 0 Å². The number of carbonyl (C=O) groups is 1. The van der Waals surface area contributed by atoms with Gasteiger partial charge < -0.3 is 16.0 Å². The Hall–Kier alpha value is -2.89. The number of primary amides is 1. The normalized spacial score (nSPS) is 13.6. The van der Waals surface area contributed by atoms with Gasteiger partial charge in [-0.3, -0.25) is 4.79 Å². The molecule has 0 aliphatic rings. The number of aromatic amines is 1. The molecule has 25 heavy (non-hydrogen) atoms. The second-order valence-electron chi connectivity index (χ2n) is 6.63. The van der Waals surface area contributed by atoms with Gasteiger partial charge in [0, 0.05) is 0 Å².